The maximum Gasteiger partial charge on any atom is 0.331 e. The summed E-state index contributed by atoms with van der Waals surface area (Å²) in [6, 6.07) is -0.833. The highest BCUT2D eigenvalue weighted by Crippen LogP contribution is 2.32. The fourth-order valence-electron chi connectivity index (χ4n) is 2.56. The molecule has 6 heteroatoms. The van der Waals surface area contributed by atoms with Crippen LogP contribution in [0.3, 0.4) is 0 Å². The first-order valence-corrected chi connectivity index (χ1v) is 6.48. The number of nitrogens with zero attached hydrogens (tertiary/aromatic N) is 1. The van der Waals surface area contributed by atoms with Gasteiger partial charge in [0.2, 0.25) is 11.8 Å². The number of rotatable bonds is 1. The molecular formula is C13H20N2O4. The maximum absolute atomic E-state index is 12.4. The molecule has 0 aromatic carbocycles. The van der Waals surface area contributed by atoms with Crippen LogP contribution < -0.4 is 5.32 Å². The summed E-state index contributed by atoms with van der Waals surface area (Å²) in [6.45, 7) is 7.44. The average Bonchev–Trinajstić information content (AvgIpc) is 2.26. The van der Waals surface area contributed by atoms with Gasteiger partial charge in [-0.15, -0.1) is 0 Å². The molecule has 106 valence electrons. The highest BCUT2D eigenvalue weighted by molar-refractivity contribution is 6.18. The van der Waals surface area contributed by atoms with Crippen LogP contribution in [0.5, 0.6) is 0 Å². The van der Waals surface area contributed by atoms with Gasteiger partial charge in [-0.05, 0) is 40.5 Å². The van der Waals surface area contributed by atoms with Crippen LogP contribution in [0.25, 0.3) is 0 Å². The lowest BCUT2D eigenvalue weighted by molar-refractivity contribution is -0.154. The van der Waals surface area contributed by atoms with Gasteiger partial charge < -0.3 is 4.74 Å². The molecule has 4 amide bonds. The van der Waals surface area contributed by atoms with E-state index in [1.54, 1.807) is 0 Å². The predicted octanol–water partition coefficient (Wildman–Crippen LogP) is 1.05. The number of imide groups is 2. The highest BCUT2D eigenvalue weighted by atomic mass is 16.5. The van der Waals surface area contributed by atoms with E-state index in [0.717, 1.165) is 0 Å². The molecule has 1 atom stereocenters. The number of nitrogens with one attached hydrogen (secondary N) is 1. The molecule has 2 rings (SSSR count). The van der Waals surface area contributed by atoms with E-state index in [9.17, 15) is 14.4 Å². The van der Waals surface area contributed by atoms with Gasteiger partial charge in [-0.1, -0.05) is 0 Å². The van der Waals surface area contributed by atoms with E-state index in [2.05, 4.69) is 5.32 Å². The first-order valence-electron chi connectivity index (χ1n) is 6.48. The Labute approximate surface area is 112 Å². The molecule has 2 aliphatic heterocycles. The molecule has 19 heavy (non-hydrogen) atoms. The third-order valence-corrected chi connectivity index (χ3v) is 3.80. The summed E-state index contributed by atoms with van der Waals surface area (Å²) in [5.74, 6) is -0.964. The minimum atomic E-state index is -1.20. The SMILES string of the molecule is CC1(C)CC(N2C(=O)NC(=O)C(C)(C)C2=O)CCO1. The Morgan fingerprint density at radius 2 is 1.84 bits per heavy atom. The second-order valence-electron chi connectivity index (χ2n) is 6.31. The van der Waals surface area contributed by atoms with Gasteiger partial charge in [0.15, 0.2) is 0 Å². The average molecular weight is 268 g/mol. The van der Waals surface area contributed by atoms with E-state index in [4.69, 9.17) is 4.74 Å². The molecule has 0 spiro atoms. The number of carbonyl (C=O) groups is 3. The molecule has 0 saturated carbocycles. The summed E-state index contributed by atoms with van der Waals surface area (Å²) in [5.41, 5.74) is -1.56. The van der Waals surface area contributed by atoms with Crippen molar-refractivity contribution in [2.24, 2.45) is 5.41 Å². The third kappa shape index (κ3) is 2.36. The second-order valence-corrected chi connectivity index (χ2v) is 6.31. The van der Waals surface area contributed by atoms with E-state index in [-0.39, 0.29) is 11.6 Å². The van der Waals surface area contributed by atoms with Crippen LogP contribution in [-0.2, 0) is 14.3 Å². The standard InChI is InChI=1S/C13H20N2O4/c1-12(2)7-8(5-6-19-12)15-10(17)13(3,4)9(16)14-11(15)18/h8H,5-7H2,1-4H3,(H,14,16,18). The van der Waals surface area contributed by atoms with E-state index in [1.165, 1.54) is 18.7 Å². The van der Waals surface area contributed by atoms with Crippen molar-refractivity contribution < 1.29 is 19.1 Å². The Bertz CT molecular complexity index is 442. The van der Waals surface area contributed by atoms with Crippen LogP contribution in [-0.4, -0.2) is 41.0 Å². The van der Waals surface area contributed by atoms with Crippen LogP contribution in [0.1, 0.15) is 40.5 Å². The van der Waals surface area contributed by atoms with Gasteiger partial charge in [-0.3, -0.25) is 19.8 Å². The fraction of sp³-hybridized carbons (Fsp3) is 0.769. The Hall–Kier alpha value is -1.43. The summed E-state index contributed by atoms with van der Waals surface area (Å²) >= 11 is 0. The van der Waals surface area contributed by atoms with Crippen molar-refractivity contribution in [3.63, 3.8) is 0 Å². The predicted molar refractivity (Wildman–Crippen MR) is 67.2 cm³/mol. The molecule has 1 N–H and O–H groups in total. The van der Waals surface area contributed by atoms with Crippen LogP contribution in [0, 0.1) is 5.41 Å². The zero-order valence-electron chi connectivity index (χ0n) is 11.8. The minimum absolute atomic E-state index is 0.219. The number of ether oxygens (including phenoxy) is 1. The number of urea groups is 1. The lowest BCUT2D eigenvalue weighted by atomic mass is 9.85. The van der Waals surface area contributed by atoms with Gasteiger partial charge in [0.25, 0.3) is 0 Å². The Balaban J connectivity index is 2.26. The Morgan fingerprint density at radius 1 is 1.21 bits per heavy atom. The lowest BCUT2D eigenvalue weighted by Crippen LogP contribution is -2.65. The molecule has 2 heterocycles. The number of hydrogen-bond acceptors (Lipinski definition) is 4. The monoisotopic (exact) mass is 268 g/mol. The van der Waals surface area contributed by atoms with Crippen molar-refractivity contribution in [3.8, 4) is 0 Å². The first-order chi connectivity index (χ1) is 8.65. The van der Waals surface area contributed by atoms with E-state index >= 15 is 0 Å². The quantitative estimate of drug-likeness (QED) is 0.721. The number of carbonyl (C=O) groups excluding carboxylic acids is 3. The highest BCUT2D eigenvalue weighted by Gasteiger charge is 2.50. The van der Waals surface area contributed by atoms with E-state index in [1.807, 2.05) is 13.8 Å². The molecule has 2 fully saturated rings. The summed E-state index contributed by atoms with van der Waals surface area (Å²) in [5, 5.41) is 2.26. The zero-order chi connectivity index (χ0) is 14.4. The van der Waals surface area contributed by atoms with Gasteiger partial charge in [-0.25, -0.2) is 4.79 Å². The van der Waals surface area contributed by atoms with Crippen LogP contribution in [0.15, 0.2) is 0 Å². The molecule has 1 unspecified atom stereocenters. The largest absolute Gasteiger partial charge is 0.375 e. The summed E-state index contributed by atoms with van der Waals surface area (Å²) in [4.78, 5) is 37.2. The van der Waals surface area contributed by atoms with Crippen molar-refractivity contribution in [1.82, 2.24) is 10.2 Å². The molecular weight excluding hydrogens is 248 g/mol. The molecule has 2 aliphatic rings. The number of barbiturate groups is 1. The molecule has 6 nitrogen and oxygen atoms in total. The normalized spacial score (nSPS) is 30.2. The number of hydrogen-bond donors (Lipinski definition) is 1. The third-order valence-electron chi connectivity index (χ3n) is 3.80. The van der Waals surface area contributed by atoms with Gasteiger partial charge in [0.05, 0.1) is 5.60 Å². The van der Waals surface area contributed by atoms with Crippen LogP contribution in [0.4, 0.5) is 4.79 Å². The van der Waals surface area contributed by atoms with Crippen molar-refractivity contribution in [1.29, 1.82) is 0 Å². The maximum atomic E-state index is 12.4. The van der Waals surface area contributed by atoms with Crippen LogP contribution >= 0.6 is 0 Å². The second kappa shape index (κ2) is 4.30. The van der Waals surface area contributed by atoms with Crippen molar-refractivity contribution in [2.45, 2.75) is 52.2 Å². The molecule has 0 aromatic heterocycles. The van der Waals surface area contributed by atoms with E-state index in [0.29, 0.717) is 19.4 Å². The molecule has 2 saturated heterocycles. The molecule has 0 bridgehead atoms. The molecule has 0 aromatic rings. The first kappa shape index (κ1) is 14.0. The summed E-state index contributed by atoms with van der Waals surface area (Å²) in [6.07, 6.45) is 1.18. The van der Waals surface area contributed by atoms with E-state index < -0.39 is 23.3 Å². The lowest BCUT2D eigenvalue weighted by Gasteiger charge is -2.44. The molecule has 0 radical (unpaired) electrons. The van der Waals surface area contributed by atoms with Crippen molar-refractivity contribution in [2.75, 3.05) is 6.61 Å². The Morgan fingerprint density at radius 3 is 2.42 bits per heavy atom. The van der Waals surface area contributed by atoms with Crippen molar-refractivity contribution in [3.05, 3.63) is 0 Å². The smallest absolute Gasteiger partial charge is 0.331 e. The minimum Gasteiger partial charge on any atom is -0.375 e. The summed E-state index contributed by atoms with van der Waals surface area (Å²) in [7, 11) is 0. The number of amides is 4. The van der Waals surface area contributed by atoms with Crippen molar-refractivity contribution >= 4 is 17.8 Å². The topological polar surface area (TPSA) is 75.7 Å². The Kier molecular flexibility index (Phi) is 3.16. The van der Waals surface area contributed by atoms with Gasteiger partial charge in [0.1, 0.15) is 5.41 Å². The zero-order valence-corrected chi connectivity index (χ0v) is 11.8. The van der Waals surface area contributed by atoms with Gasteiger partial charge in [-0.2, -0.15) is 0 Å². The van der Waals surface area contributed by atoms with Gasteiger partial charge >= 0.3 is 6.03 Å². The van der Waals surface area contributed by atoms with Gasteiger partial charge in [0, 0.05) is 12.6 Å². The summed E-state index contributed by atoms with van der Waals surface area (Å²) < 4.78 is 5.59. The molecule has 0 aliphatic carbocycles. The van der Waals surface area contributed by atoms with Crippen LogP contribution in [0.2, 0.25) is 0 Å². The fourth-order valence-corrected chi connectivity index (χ4v) is 2.56.